The molecule has 1 aromatic heterocycles. The van der Waals surface area contributed by atoms with Crippen molar-refractivity contribution < 1.29 is 0 Å². The van der Waals surface area contributed by atoms with Crippen LogP contribution in [0.1, 0.15) is 0 Å². The Balaban J connectivity index is 2.87. The number of thioether (sulfide) groups is 1. The minimum absolute atomic E-state index is 1.02. The van der Waals surface area contributed by atoms with Crippen molar-refractivity contribution in [1.82, 2.24) is 4.98 Å². The van der Waals surface area contributed by atoms with E-state index in [-0.39, 0.29) is 0 Å². The number of aromatic nitrogens is 1. The fraction of sp³-hybridized carbons (Fsp3) is 0.286. The highest BCUT2D eigenvalue weighted by Gasteiger charge is 1.92. The Labute approximate surface area is 66.5 Å². The van der Waals surface area contributed by atoms with Crippen molar-refractivity contribution in [2.75, 3.05) is 6.26 Å². The summed E-state index contributed by atoms with van der Waals surface area (Å²) in [4.78, 5) is 4.37. The van der Waals surface area contributed by atoms with E-state index >= 15 is 0 Å². The van der Waals surface area contributed by atoms with Crippen LogP contribution in [0.4, 0.5) is 0 Å². The summed E-state index contributed by atoms with van der Waals surface area (Å²) in [6.45, 7) is 2.12. The van der Waals surface area contributed by atoms with Gasteiger partial charge in [0.1, 0.15) is 0 Å². The van der Waals surface area contributed by atoms with Crippen LogP contribution in [0.15, 0.2) is 23.2 Å². The van der Waals surface area contributed by atoms with Crippen molar-refractivity contribution in [2.24, 2.45) is 0 Å². The van der Waals surface area contributed by atoms with E-state index in [1.165, 1.54) is 5.59 Å². The van der Waals surface area contributed by atoms with Gasteiger partial charge in [-0.1, -0.05) is 19.0 Å². The molecule has 0 bridgehead atoms. The summed E-state index contributed by atoms with van der Waals surface area (Å²) in [5.41, 5.74) is 1.17. The number of nitrogens with zero attached hydrogens (tertiary/aromatic N) is 1. The largest absolute Gasteiger partial charge is 0.257 e. The number of rotatable bonds is 2. The molecule has 0 spiro atoms. The quantitative estimate of drug-likeness (QED) is 0.460. The second kappa shape index (κ2) is 3.66. The van der Waals surface area contributed by atoms with Crippen molar-refractivity contribution in [3.63, 3.8) is 0 Å². The topological polar surface area (TPSA) is 12.9 Å². The Hall–Kier alpha value is -0.435. The first-order valence-electron chi connectivity index (χ1n) is 3.36. The van der Waals surface area contributed by atoms with Gasteiger partial charge in [0, 0.05) is 5.59 Å². The smallest absolute Gasteiger partial charge is 0.179 e. The first-order valence-corrected chi connectivity index (χ1v) is 4.59. The average molecular weight is 151 g/mol. The summed E-state index contributed by atoms with van der Waals surface area (Å²) in [7, 11) is 1.02. The van der Waals surface area contributed by atoms with Gasteiger partial charge in [-0.05, 0) is 12.3 Å². The molecular weight excluding hydrogens is 141 g/mol. The van der Waals surface area contributed by atoms with Gasteiger partial charge in [0.15, 0.2) is 7.28 Å². The zero-order chi connectivity index (χ0) is 7.40. The molecule has 1 nitrogen and oxygen atoms in total. The van der Waals surface area contributed by atoms with Gasteiger partial charge in [-0.2, -0.15) is 0 Å². The van der Waals surface area contributed by atoms with E-state index in [4.69, 9.17) is 0 Å². The van der Waals surface area contributed by atoms with E-state index in [1.54, 1.807) is 11.8 Å². The third-order valence-corrected chi connectivity index (χ3v) is 2.00. The normalized spacial score (nSPS) is 9.40. The summed E-state index contributed by atoms with van der Waals surface area (Å²) < 4.78 is 0. The fourth-order valence-corrected chi connectivity index (χ4v) is 1.19. The van der Waals surface area contributed by atoms with Crippen molar-refractivity contribution in [3.05, 3.63) is 18.2 Å². The summed E-state index contributed by atoms with van der Waals surface area (Å²) in [6.07, 6.45) is 2.04. The molecule has 1 heterocycles. The summed E-state index contributed by atoms with van der Waals surface area (Å²) in [6, 6.07) is 6.14. The molecule has 1 rings (SSSR count). The monoisotopic (exact) mass is 151 g/mol. The van der Waals surface area contributed by atoms with Crippen molar-refractivity contribution in [3.8, 4) is 0 Å². The van der Waals surface area contributed by atoms with Crippen LogP contribution in [0, 0.1) is 0 Å². The molecule has 0 amide bonds. The lowest BCUT2D eigenvalue weighted by atomic mass is 9.78. The van der Waals surface area contributed by atoms with Gasteiger partial charge in [0.2, 0.25) is 0 Å². The molecule has 1 aromatic rings. The zero-order valence-corrected chi connectivity index (χ0v) is 7.11. The molecule has 0 aliphatic carbocycles. The zero-order valence-electron chi connectivity index (χ0n) is 6.29. The summed E-state index contributed by atoms with van der Waals surface area (Å²) >= 11 is 1.69. The second-order valence-electron chi connectivity index (χ2n) is 2.02. The highest BCUT2D eigenvalue weighted by atomic mass is 32.2. The number of hydrogen-bond acceptors (Lipinski definition) is 2. The summed E-state index contributed by atoms with van der Waals surface area (Å²) in [5.74, 6) is 0. The Bertz CT molecular complexity index is 195. The molecule has 52 valence electrons. The predicted octanol–water partition coefficient (Wildman–Crippen LogP) is 0.913. The van der Waals surface area contributed by atoms with Gasteiger partial charge >= 0.3 is 0 Å². The van der Waals surface area contributed by atoms with Gasteiger partial charge in [-0.25, -0.2) is 0 Å². The van der Waals surface area contributed by atoms with E-state index in [9.17, 15) is 0 Å². The number of hydrogen-bond donors (Lipinski definition) is 0. The Morgan fingerprint density at radius 2 is 2.30 bits per heavy atom. The standard InChI is InChI=1S/C7H10BNS/c1-8-6-4-3-5-7(9-6)10-2/h3-5,8H,1-2H3. The maximum absolute atomic E-state index is 4.37. The van der Waals surface area contributed by atoms with Crippen LogP contribution in [-0.4, -0.2) is 18.5 Å². The molecular formula is C7H10BNS. The van der Waals surface area contributed by atoms with Gasteiger partial charge < -0.3 is 0 Å². The maximum atomic E-state index is 4.37. The first-order chi connectivity index (χ1) is 4.86. The first kappa shape index (κ1) is 7.67. The molecule has 0 saturated heterocycles. The van der Waals surface area contributed by atoms with E-state index in [0.717, 1.165) is 12.3 Å². The molecule has 10 heavy (non-hydrogen) atoms. The Morgan fingerprint density at radius 1 is 1.50 bits per heavy atom. The third-order valence-electron chi connectivity index (χ3n) is 1.35. The lowest BCUT2D eigenvalue weighted by Gasteiger charge is -1.96. The van der Waals surface area contributed by atoms with E-state index in [1.807, 2.05) is 12.3 Å². The Kier molecular flexibility index (Phi) is 2.81. The van der Waals surface area contributed by atoms with Gasteiger partial charge in [0.05, 0.1) is 5.03 Å². The van der Waals surface area contributed by atoms with Gasteiger partial charge in [-0.15, -0.1) is 11.8 Å². The lowest BCUT2D eigenvalue weighted by Crippen LogP contribution is -2.14. The SMILES string of the molecule is CBc1cccc(SC)n1. The highest BCUT2D eigenvalue weighted by molar-refractivity contribution is 7.98. The van der Waals surface area contributed by atoms with Gasteiger partial charge in [0.25, 0.3) is 0 Å². The fourth-order valence-electron chi connectivity index (χ4n) is 0.768. The lowest BCUT2D eigenvalue weighted by molar-refractivity contribution is 1.17. The minimum Gasteiger partial charge on any atom is -0.257 e. The predicted molar refractivity (Wildman–Crippen MR) is 48.7 cm³/mol. The average Bonchev–Trinajstić information content (AvgIpc) is 2.05. The van der Waals surface area contributed by atoms with Gasteiger partial charge in [-0.3, -0.25) is 4.98 Å². The minimum atomic E-state index is 1.02. The molecule has 0 saturated carbocycles. The van der Waals surface area contributed by atoms with Crippen LogP contribution < -0.4 is 5.59 Å². The Morgan fingerprint density at radius 3 is 2.90 bits per heavy atom. The third kappa shape index (κ3) is 1.77. The van der Waals surface area contributed by atoms with Crippen molar-refractivity contribution in [1.29, 1.82) is 0 Å². The van der Waals surface area contributed by atoms with Crippen LogP contribution in [0.5, 0.6) is 0 Å². The molecule has 0 aliphatic rings. The molecule has 0 fully saturated rings. The molecule has 0 aromatic carbocycles. The van der Waals surface area contributed by atoms with Crippen LogP contribution in [0.2, 0.25) is 6.82 Å². The molecule has 3 heteroatoms. The van der Waals surface area contributed by atoms with Crippen LogP contribution in [0.3, 0.4) is 0 Å². The second-order valence-corrected chi connectivity index (χ2v) is 2.85. The maximum Gasteiger partial charge on any atom is 0.179 e. The van der Waals surface area contributed by atoms with Crippen LogP contribution in [-0.2, 0) is 0 Å². The molecule has 0 N–H and O–H groups in total. The van der Waals surface area contributed by atoms with Crippen molar-refractivity contribution >= 4 is 24.6 Å². The number of pyridine rings is 1. The molecule has 0 unspecified atom stereocenters. The van der Waals surface area contributed by atoms with Crippen LogP contribution in [0.25, 0.3) is 0 Å². The van der Waals surface area contributed by atoms with Crippen LogP contribution >= 0.6 is 11.8 Å². The molecule has 0 radical (unpaired) electrons. The van der Waals surface area contributed by atoms with E-state index < -0.39 is 0 Å². The van der Waals surface area contributed by atoms with E-state index in [0.29, 0.717) is 0 Å². The molecule has 0 atom stereocenters. The van der Waals surface area contributed by atoms with Crippen molar-refractivity contribution in [2.45, 2.75) is 11.8 Å². The van der Waals surface area contributed by atoms with E-state index in [2.05, 4.69) is 23.9 Å². The molecule has 0 aliphatic heterocycles. The summed E-state index contributed by atoms with van der Waals surface area (Å²) in [5, 5.41) is 1.11. The highest BCUT2D eigenvalue weighted by Crippen LogP contribution is 2.06.